The quantitative estimate of drug-likeness (QED) is 0.307. The monoisotopic (exact) mass is 431 g/mol. The second-order valence-electron chi connectivity index (χ2n) is 6.13. The highest BCUT2D eigenvalue weighted by molar-refractivity contribution is 7.16. The number of amides is 1. The largest absolute Gasteiger partial charge is 0.493 e. The summed E-state index contributed by atoms with van der Waals surface area (Å²) in [6.45, 7) is 3.22. The standard InChI is InChI=1S/C20H21N3O6S/c1-4-29-10-9-22-15-12-14(23(25)26)6-8-18(15)30-20(22)21-19(24)13-5-7-16(27-2)17(11-13)28-3/h5-8,11-12H,4,9-10H2,1-3H3. The molecule has 0 spiro atoms. The number of carbonyl (C=O) groups is 1. The van der Waals surface area contributed by atoms with E-state index < -0.39 is 10.8 Å². The third-order valence-corrected chi connectivity index (χ3v) is 5.43. The van der Waals surface area contributed by atoms with Crippen molar-refractivity contribution in [3.05, 3.63) is 56.9 Å². The first kappa shape index (κ1) is 21.5. The molecule has 3 aromatic rings. The van der Waals surface area contributed by atoms with Crippen molar-refractivity contribution in [1.82, 2.24) is 4.57 Å². The lowest BCUT2D eigenvalue weighted by Crippen LogP contribution is -2.19. The fraction of sp³-hybridized carbons (Fsp3) is 0.300. The maximum Gasteiger partial charge on any atom is 0.279 e. The van der Waals surface area contributed by atoms with Gasteiger partial charge in [-0.05, 0) is 31.2 Å². The van der Waals surface area contributed by atoms with Crippen LogP contribution in [0.4, 0.5) is 5.69 Å². The molecule has 0 N–H and O–H groups in total. The van der Waals surface area contributed by atoms with Crippen LogP contribution in [0.15, 0.2) is 41.4 Å². The number of carbonyl (C=O) groups excluding carboxylic acids is 1. The molecule has 2 aromatic carbocycles. The SMILES string of the molecule is CCOCCn1c(=NC(=O)c2ccc(OC)c(OC)c2)sc2ccc([N+](=O)[O-])cc21. The van der Waals surface area contributed by atoms with Crippen molar-refractivity contribution in [2.45, 2.75) is 13.5 Å². The smallest absolute Gasteiger partial charge is 0.279 e. The van der Waals surface area contributed by atoms with Gasteiger partial charge in [-0.3, -0.25) is 14.9 Å². The molecule has 1 amide bonds. The van der Waals surface area contributed by atoms with Gasteiger partial charge in [-0.15, -0.1) is 0 Å². The number of methoxy groups -OCH3 is 2. The Bertz CT molecular complexity index is 1150. The van der Waals surface area contributed by atoms with E-state index in [0.29, 0.717) is 47.1 Å². The summed E-state index contributed by atoms with van der Waals surface area (Å²) in [5, 5.41) is 11.2. The van der Waals surface area contributed by atoms with Gasteiger partial charge in [0.25, 0.3) is 11.6 Å². The first-order valence-corrected chi connectivity index (χ1v) is 9.96. The van der Waals surface area contributed by atoms with Gasteiger partial charge in [-0.25, -0.2) is 0 Å². The molecule has 0 atom stereocenters. The summed E-state index contributed by atoms with van der Waals surface area (Å²) in [5.41, 5.74) is 0.948. The highest BCUT2D eigenvalue weighted by Crippen LogP contribution is 2.28. The van der Waals surface area contributed by atoms with Crippen molar-refractivity contribution >= 4 is 33.1 Å². The fourth-order valence-electron chi connectivity index (χ4n) is 2.89. The van der Waals surface area contributed by atoms with Gasteiger partial charge in [0, 0.05) is 30.8 Å². The number of benzene rings is 2. The Morgan fingerprint density at radius 2 is 1.93 bits per heavy atom. The number of nitro benzene ring substituents is 1. The Hall–Kier alpha value is -3.24. The molecule has 9 nitrogen and oxygen atoms in total. The molecule has 1 aromatic heterocycles. The molecule has 158 valence electrons. The molecule has 1 heterocycles. The van der Waals surface area contributed by atoms with Crippen molar-refractivity contribution in [1.29, 1.82) is 0 Å². The molecule has 0 fully saturated rings. The number of nitrogens with zero attached hydrogens (tertiary/aromatic N) is 3. The molecule has 0 bridgehead atoms. The van der Waals surface area contributed by atoms with Crippen LogP contribution in [0.3, 0.4) is 0 Å². The second kappa shape index (κ2) is 9.51. The number of fused-ring (bicyclic) bond motifs is 1. The Labute approximate surface area is 176 Å². The summed E-state index contributed by atoms with van der Waals surface area (Å²) in [6.07, 6.45) is 0. The number of thiazole rings is 1. The van der Waals surface area contributed by atoms with E-state index in [4.69, 9.17) is 14.2 Å². The Morgan fingerprint density at radius 3 is 2.60 bits per heavy atom. The number of ether oxygens (including phenoxy) is 3. The predicted octanol–water partition coefficient (Wildman–Crippen LogP) is 3.41. The molecular formula is C20H21N3O6S. The number of rotatable bonds is 8. The molecule has 0 saturated heterocycles. The van der Waals surface area contributed by atoms with E-state index in [9.17, 15) is 14.9 Å². The lowest BCUT2D eigenvalue weighted by Gasteiger charge is -2.08. The third kappa shape index (κ3) is 4.50. The molecule has 0 saturated carbocycles. The predicted molar refractivity (Wildman–Crippen MR) is 112 cm³/mol. The van der Waals surface area contributed by atoms with Crippen LogP contribution < -0.4 is 14.3 Å². The van der Waals surface area contributed by atoms with Gasteiger partial charge in [0.1, 0.15) is 0 Å². The zero-order valence-electron chi connectivity index (χ0n) is 16.8. The number of aromatic nitrogens is 1. The van der Waals surface area contributed by atoms with Crippen molar-refractivity contribution in [2.24, 2.45) is 4.99 Å². The van der Waals surface area contributed by atoms with Crippen LogP contribution in [0.5, 0.6) is 11.5 Å². The molecule has 10 heteroatoms. The van der Waals surface area contributed by atoms with Gasteiger partial charge < -0.3 is 18.8 Å². The van der Waals surface area contributed by atoms with E-state index in [1.807, 2.05) is 6.92 Å². The minimum Gasteiger partial charge on any atom is -0.493 e. The maximum absolute atomic E-state index is 12.8. The lowest BCUT2D eigenvalue weighted by molar-refractivity contribution is -0.384. The van der Waals surface area contributed by atoms with Crippen LogP contribution in [-0.4, -0.2) is 42.8 Å². The Kier molecular flexibility index (Phi) is 6.80. The molecular weight excluding hydrogens is 410 g/mol. The normalized spacial score (nSPS) is 11.6. The lowest BCUT2D eigenvalue weighted by atomic mass is 10.2. The molecule has 3 rings (SSSR count). The topological polar surface area (TPSA) is 105 Å². The van der Waals surface area contributed by atoms with Gasteiger partial charge in [-0.2, -0.15) is 4.99 Å². The maximum atomic E-state index is 12.8. The zero-order chi connectivity index (χ0) is 21.7. The van der Waals surface area contributed by atoms with Gasteiger partial charge >= 0.3 is 0 Å². The fourth-order valence-corrected chi connectivity index (χ4v) is 3.93. The van der Waals surface area contributed by atoms with Gasteiger partial charge in [-0.1, -0.05) is 11.3 Å². The average molecular weight is 431 g/mol. The van der Waals surface area contributed by atoms with Gasteiger partial charge in [0.15, 0.2) is 16.3 Å². The Balaban J connectivity index is 2.08. The van der Waals surface area contributed by atoms with Crippen molar-refractivity contribution in [2.75, 3.05) is 27.4 Å². The summed E-state index contributed by atoms with van der Waals surface area (Å²) in [7, 11) is 3.01. The van der Waals surface area contributed by atoms with Crippen LogP contribution in [0.2, 0.25) is 0 Å². The summed E-state index contributed by atoms with van der Waals surface area (Å²) in [4.78, 5) is 28.2. The molecule has 0 radical (unpaired) electrons. The summed E-state index contributed by atoms with van der Waals surface area (Å²) in [5.74, 6) is 0.479. The molecule has 0 aliphatic heterocycles. The van der Waals surface area contributed by atoms with E-state index in [2.05, 4.69) is 4.99 Å². The summed E-state index contributed by atoms with van der Waals surface area (Å²) >= 11 is 1.28. The Morgan fingerprint density at radius 1 is 1.17 bits per heavy atom. The minimum absolute atomic E-state index is 0.0248. The average Bonchev–Trinajstić information content (AvgIpc) is 3.09. The number of non-ortho nitro benzene ring substituents is 1. The minimum atomic E-state index is -0.456. The van der Waals surface area contributed by atoms with E-state index in [-0.39, 0.29) is 5.69 Å². The van der Waals surface area contributed by atoms with E-state index in [1.54, 1.807) is 28.8 Å². The van der Waals surface area contributed by atoms with Crippen molar-refractivity contribution in [3.63, 3.8) is 0 Å². The van der Waals surface area contributed by atoms with Crippen LogP contribution in [0.25, 0.3) is 10.2 Å². The highest BCUT2D eigenvalue weighted by Gasteiger charge is 2.15. The van der Waals surface area contributed by atoms with E-state index in [0.717, 1.165) is 4.70 Å². The highest BCUT2D eigenvalue weighted by atomic mass is 32.1. The van der Waals surface area contributed by atoms with Gasteiger partial charge in [0.05, 0.1) is 36.0 Å². The van der Waals surface area contributed by atoms with E-state index in [1.165, 1.54) is 37.7 Å². The summed E-state index contributed by atoms with van der Waals surface area (Å²) < 4.78 is 18.4. The van der Waals surface area contributed by atoms with Crippen LogP contribution in [0.1, 0.15) is 17.3 Å². The van der Waals surface area contributed by atoms with Crippen LogP contribution >= 0.6 is 11.3 Å². The second-order valence-corrected chi connectivity index (χ2v) is 7.14. The van der Waals surface area contributed by atoms with Crippen LogP contribution in [0, 0.1) is 10.1 Å². The first-order chi connectivity index (χ1) is 14.5. The molecule has 0 aliphatic carbocycles. The zero-order valence-corrected chi connectivity index (χ0v) is 17.6. The third-order valence-electron chi connectivity index (χ3n) is 4.37. The molecule has 30 heavy (non-hydrogen) atoms. The van der Waals surface area contributed by atoms with Crippen LogP contribution in [-0.2, 0) is 11.3 Å². The molecule has 0 unspecified atom stereocenters. The van der Waals surface area contributed by atoms with E-state index >= 15 is 0 Å². The number of hydrogen-bond donors (Lipinski definition) is 0. The first-order valence-electron chi connectivity index (χ1n) is 9.15. The van der Waals surface area contributed by atoms with Crippen molar-refractivity contribution < 1.29 is 23.9 Å². The molecule has 0 aliphatic rings. The van der Waals surface area contributed by atoms with Gasteiger partial charge in [0.2, 0.25) is 0 Å². The number of nitro groups is 1. The number of hydrogen-bond acceptors (Lipinski definition) is 7. The van der Waals surface area contributed by atoms with Crippen molar-refractivity contribution in [3.8, 4) is 11.5 Å². The summed E-state index contributed by atoms with van der Waals surface area (Å²) in [6, 6.07) is 9.39.